The Bertz CT molecular complexity index is 301. The quantitative estimate of drug-likeness (QED) is 0.453. The fourth-order valence-corrected chi connectivity index (χ4v) is 1.95. The lowest BCUT2D eigenvalue weighted by molar-refractivity contribution is -0.147. The van der Waals surface area contributed by atoms with E-state index in [9.17, 15) is 4.79 Å². The number of esters is 1. The largest absolute Gasteiger partial charge is 0.468 e. The summed E-state index contributed by atoms with van der Waals surface area (Å²) in [6, 6.07) is 0. The van der Waals surface area contributed by atoms with E-state index in [-0.39, 0.29) is 5.97 Å². The average Bonchev–Trinajstić information content (AvgIpc) is 2.59. The summed E-state index contributed by atoms with van der Waals surface area (Å²) in [5.74, 6) is 0.0832. The van der Waals surface area contributed by atoms with Crippen LogP contribution in [0.2, 0.25) is 0 Å². The summed E-state index contributed by atoms with van der Waals surface area (Å²) in [6.45, 7) is 8.32. The van der Waals surface area contributed by atoms with Crippen LogP contribution in [0.4, 0.5) is 0 Å². The molecule has 1 aliphatic heterocycles. The summed E-state index contributed by atoms with van der Waals surface area (Å²) < 4.78 is 4.80. The number of carbonyl (C=O) groups is 1. The molecular formula is C11H16ClNO2. The molecule has 0 amide bonds. The lowest BCUT2D eigenvalue weighted by Crippen LogP contribution is -2.48. The number of halogens is 1. The predicted octanol–water partition coefficient (Wildman–Crippen LogP) is 1.63. The van der Waals surface area contributed by atoms with Gasteiger partial charge in [0, 0.05) is 12.4 Å². The van der Waals surface area contributed by atoms with Crippen LogP contribution < -0.4 is 5.32 Å². The van der Waals surface area contributed by atoms with Gasteiger partial charge in [0.15, 0.2) is 0 Å². The van der Waals surface area contributed by atoms with E-state index in [1.54, 1.807) is 0 Å². The molecule has 0 spiro atoms. The van der Waals surface area contributed by atoms with Crippen LogP contribution in [0.5, 0.6) is 0 Å². The maximum absolute atomic E-state index is 11.7. The van der Waals surface area contributed by atoms with Crippen molar-refractivity contribution in [3.8, 4) is 0 Å². The van der Waals surface area contributed by atoms with Gasteiger partial charge in [0.25, 0.3) is 0 Å². The summed E-state index contributed by atoms with van der Waals surface area (Å²) in [5, 5.41) is 3.14. The average molecular weight is 230 g/mol. The standard InChI is InChI=1S/C11H16ClNO2/c1-8(6-12)4-11(10(14)15-3)5-9(2)7-13-11/h13H,1-2,4-7H2,3H3. The Morgan fingerprint density at radius 1 is 1.73 bits per heavy atom. The van der Waals surface area contributed by atoms with Crippen molar-refractivity contribution in [2.75, 3.05) is 19.5 Å². The van der Waals surface area contributed by atoms with E-state index in [4.69, 9.17) is 16.3 Å². The third kappa shape index (κ3) is 2.61. The fourth-order valence-electron chi connectivity index (χ4n) is 1.86. The smallest absolute Gasteiger partial charge is 0.326 e. The van der Waals surface area contributed by atoms with Crippen LogP contribution in [-0.4, -0.2) is 31.0 Å². The molecule has 1 fully saturated rings. The van der Waals surface area contributed by atoms with Crippen LogP contribution in [0.15, 0.2) is 24.3 Å². The Morgan fingerprint density at radius 2 is 2.40 bits per heavy atom. The number of methoxy groups -OCH3 is 1. The molecule has 1 saturated heterocycles. The number of carbonyl (C=O) groups excluding carboxylic acids is 1. The van der Waals surface area contributed by atoms with E-state index in [2.05, 4.69) is 18.5 Å². The van der Waals surface area contributed by atoms with Gasteiger partial charge < -0.3 is 4.74 Å². The topological polar surface area (TPSA) is 38.3 Å². The zero-order valence-corrected chi connectivity index (χ0v) is 9.69. The molecule has 1 N–H and O–H groups in total. The Kier molecular flexibility index (Phi) is 3.94. The Labute approximate surface area is 95.1 Å². The third-order valence-corrected chi connectivity index (χ3v) is 2.92. The second kappa shape index (κ2) is 4.81. The van der Waals surface area contributed by atoms with Crippen LogP contribution >= 0.6 is 11.6 Å². The third-order valence-electron chi connectivity index (χ3n) is 2.55. The van der Waals surface area contributed by atoms with Crippen LogP contribution in [0.25, 0.3) is 0 Å². The van der Waals surface area contributed by atoms with Gasteiger partial charge in [-0.3, -0.25) is 10.1 Å². The molecule has 0 aromatic rings. The monoisotopic (exact) mass is 229 g/mol. The number of nitrogens with one attached hydrogen (secondary N) is 1. The number of rotatable bonds is 4. The molecule has 3 nitrogen and oxygen atoms in total. The molecule has 1 heterocycles. The Hall–Kier alpha value is -0.800. The molecule has 1 unspecified atom stereocenters. The molecule has 15 heavy (non-hydrogen) atoms. The molecule has 0 saturated carbocycles. The van der Waals surface area contributed by atoms with Gasteiger partial charge in [-0.15, -0.1) is 11.6 Å². The highest BCUT2D eigenvalue weighted by atomic mass is 35.5. The molecule has 84 valence electrons. The van der Waals surface area contributed by atoms with Gasteiger partial charge >= 0.3 is 5.97 Å². The van der Waals surface area contributed by atoms with E-state index in [1.165, 1.54) is 7.11 Å². The van der Waals surface area contributed by atoms with E-state index >= 15 is 0 Å². The lowest BCUT2D eigenvalue weighted by atomic mass is 9.89. The van der Waals surface area contributed by atoms with E-state index in [0.29, 0.717) is 25.3 Å². The highest BCUT2D eigenvalue weighted by Gasteiger charge is 2.43. The van der Waals surface area contributed by atoms with Gasteiger partial charge in [-0.1, -0.05) is 24.3 Å². The first-order chi connectivity index (χ1) is 7.04. The van der Waals surface area contributed by atoms with Crippen molar-refractivity contribution in [1.82, 2.24) is 5.32 Å². The maximum Gasteiger partial charge on any atom is 0.326 e. The Balaban J connectivity index is 2.82. The van der Waals surface area contributed by atoms with E-state index in [0.717, 1.165) is 11.1 Å². The second-order valence-electron chi connectivity index (χ2n) is 3.91. The number of hydrogen-bond acceptors (Lipinski definition) is 3. The minimum atomic E-state index is -0.697. The highest BCUT2D eigenvalue weighted by molar-refractivity contribution is 6.19. The predicted molar refractivity (Wildman–Crippen MR) is 61.0 cm³/mol. The molecule has 0 radical (unpaired) electrons. The van der Waals surface area contributed by atoms with Crippen molar-refractivity contribution in [1.29, 1.82) is 0 Å². The zero-order valence-electron chi connectivity index (χ0n) is 8.94. The molecule has 0 bridgehead atoms. The number of ether oxygens (including phenoxy) is 1. The van der Waals surface area contributed by atoms with Crippen molar-refractivity contribution in [2.24, 2.45) is 0 Å². The minimum absolute atomic E-state index is 0.271. The molecule has 0 aliphatic carbocycles. The maximum atomic E-state index is 11.7. The first kappa shape index (κ1) is 12.3. The number of alkyl halides is 1. The first-order valence-corrected chi connectivity index (χ1v) is 5.30. The molecule has 1 aliphatic rings. The molecule has 0 aromatic carbocycles. The summed E-state index contributed by atoms with van der Waals surface area (Å²) in [6.07, 6.45) is 1.10. The fraction of sp³-hybridized carbons (Fsp3) is 0.545. The van der Waals surface area contributed by atoms with E-state index < -0.39 is 5.54 Å². The van der Waals surface area contributed by atoms with Crippen molar-refractivity contribution in [3.05, 3.63) is 24.3 Å². The SMILES string of the molecule is C=C(CCl)CC1(C(=O)OC)CC(=C)CN1. The highest BCUT2D eigenvalue weighted by Crippen LogP contribution is 2.30. The first-order valence-electron chi connectivity index (χ1n) is 4.77. The zero-order chi connectivity index (χ0) is 11.5. The van der Waals surface area contributed by atoms with Crippen LogP contribution in [0, 0.1) is 0 Å². The van der Waals surface area contributed by atoms with Crippen LogP contribution in [-0.2, 0) is 9.53 Å². The van der Waals surface area contributed by atoms with Crippen molar-refractivity contribution >= 4 is 17.6 Å². The lowest BCUT2D eigenvalue weighted by Gasteiger charge is -2.26. The molecule has 1 rings (SSSR count). The van der Waals surface area contributed by atoms with Gasteiger partial charge in [-0.05, 0) is 12.8 Å². The van der Waals surface area contributed by atoms with Gasteiger partial charge in [0.1, 0.15) is 5.54 Å². The van der Waals surface area contributed by atoms with Crippen LogP contribution in [0.1, 0.15) is 12.8 Å². The Morgan fingerprint density at radius 3 is 2.80 bits per heavy atom. The summed E-state index contributed by atoms with van der Waals surface area (Å²) in [7, 11) is 1.39. The molecule has 1 atom stereocenters. The van der Waals surface area contributed by atoms with Crippen LogP contribution in [0.3, 0.4) is 0 Å². The minimum Gasteiger partial charge on any atom is -0.468 e. The van der Waals surface area contributed by atoms with Gasteiger partial charge in [-0.2, -0.15) is 0 Å². The van der Waals surface area contributed by atoms with Crippen molar-refractivity contribution in [2.45, 2.75) is 18.4 Å². The van der Waals surface area contributed by atoms with Gasteiger partial charge in [0.05, 0.1) is 7.11 Å². The summed E-state index contributed by atoms with van der Waals surface area (Å²) in [4.78, 5) is 11.7. The normalized spacial score (nSPS) is 25.3. The van der Waals surface area contributed by atoms with E-state index in [1.807, 2.05) is 0 Å². The molecular weight excluding hydrogens is 214 g/mol. The summed E-state index contributed by atoms with van der Waals surface area (Å²) in [5.41, 5.74) is 1.13. The van der Waals surface area contributed by atoms with Gasteiger partial charge in [0.2, 0.25) is 0 Å². The molecule has 0 aromatic heterocycles. The van der Waals surface area contributed by atoms with Crippen molar-refractivity contribution < 1.29 is 9.53 Å². The summed E-state index contributed by atoms with van der Waals surface area (Å²) >= 11 is 5.67. The van der Waals surface area contributed by atoms with Crippen molar-refractivity contribution in [3.63, 3.8) is 0 Å². The number of hydrogen-bond donors (Lipinski definition) is 1. The second-order valence-corrected chi connectivity index (χ2v) is 4.18. The van der Waals surface area contributed by atoms with Gasteiger partial charge in [-0.25, -0.2) is 0 Å². The molecule has 4 heteroatoms.